The summed E-state index contributed by atoms with van der Waals surface area (Å²) in [5, 5.41) is 0. The fourth-order valence-corrected chi connectivity index (χ4v) is 0. The van der Waals surface area contributed by atoms with E-state index in [1.165, 1.54) is 0 Å². The molecule has 0 aromatic heterocycles. The first-order valence-electron chi connectivity index (χ1n) is 0. The predicted octanol–water partition coefficient (Wildman–Crippen LogP) is -0.388. The number of hydrogen-bond donors (Lipinski definition) is 0. The first kappa shape index (κ1) is 29.4. The fraction of sp³-hybridized carbons (Fsp3) is 0. The minimum absolute atomic E-state index is 0. The molecular weight excluding hydrogens is 607 g/mol. The van der Waals surface area contributed by atoms with E-state index in [-0.39, 0.29) is 84.6 Å². The van der Waals surface area contributed by atoms with Gasteiger partial charge in [-0.15, -0.1) is 0 Å². The van der Waals surface area contributed by atoms with Gasteiger partial charge in [-0.3, -0.25) is 0 Å². The second kappa shape index (κ2) is 17.1. The van der Waals surface area contributed by atoms with Crippen LogP contribution in [0.3, 0.4) is 0 Å². The van der Waals surface area contributed by atoms with Crippen molar-refractivity contribution in [1.29, 1.82) is 0 Å². The molecule has 0 N–H and O–H groups in total. The van der Waals surface area contributed by atoms with E-state index >= 15 is 0 Å². The summed E-state index contributed by atoms with van der Waals surface area (Å²) >= 11 is 0. The first-order chi connectivity index (χ1) is 0. The largest absolute Gasteiger partial charge is 0 e. The summed E-state index contributed by atoms with van der Waals surface area (Å²) in [6.45, 7) is 0. The summed E-state index contributed by atoms with van der Waals surface area (Å²) in [4.78, 5) is 0. The van der Waals surface area contributed by atoms with E-state index in [1.54, 1.807) is 0 Å². The smallest absolute Gasteiger partial charge is 0 e. The zero-order valence-corrected chi connectivity index (χ0v) is 10.8. The van der Waals surface area contributed by atoms with Gasteiger partial charge in [0.25, 0.3) is 0 Å². The van der Waals surface area contributed by atoms with E-state index in [4.69, 9.17) is 0 Å². The Morgan fingerprint density at radius 2 is 1.00 bits per heavy atom. The van der Waals surface area contributed by atoms with Crippen LogP contribution in [0.5, 0.6) is 0 Å². The molecule has 0 aromatic carbocycles. The van der Waals surface area contributed by atoms with Crippen molar-refractivity contribution in [1.82, 2.24) is 0 Å². The summed E-state index contributed by atoms with van der Waals surface area (Å²) in [5.41, 5.74) is 0. The van der Waals surface area contributed by atoms with Crippen LogP contribution < -0.4 is 0 Å². The van der Waals surface area contributed by atoms with Gasteiger partial charge in [0.2, 0.25) is 0 Å². The number of hydrogen-bond acceptors (Lipinski definition) is 0. The maximum atomic E-state index is 0. The van der Waals surface area contributed by atoms with E-state index in [0.717, 1.165) is 0 Å². The molecular formula is IrPtRuSn. The maximum absolute atomic E-state index is 0. The summed E-state index contributed by atoms with van der Waals surface area (Å²) in [6.07, 6.45) is 0. The molecule has 0 aliphatic rings. The third-order valence-electron chi connectivity index (χ3n) is 0. The predicted molar refractivity (Wildman–Crippen MR) is 5.75 cm³/mol. The molecule has 0 aromatic rings. The molecule has 0 fully saturated rings. The summed E-state index contributed by atoms with van der Waals surface area (Å²) < 4.78 is 0. The SMILES string of the molecule is [Ir].[Pt].[Ru].[Sn]. The minimum atomic E-state index is 0. The van der Waals surface area contributed by atoms with Crippen LogP contribution >= 0.6 is 0 Å². The molecule has 0 saturated carbocycles. The average Bonchev–Trinajstić information content (AvgIpc) is 0. The Bertz CT molecular complexity index is 8.00. The topological polar surface area (TPSA) is 0 Å². The molecule has 0 amide bonds. The molecule has 0 unspecified atom stereocenters. The molecule has 0 spiro atoms. The second-order valence-corrected chi connectivity index (χ2v) is 0. The molecule has 0 aliphatic carbocycles. The van der Waals surface area contributed by atoms with Crippen molar-refractivity contribution in [3.8, 4) is 0 Å². The normalized spacial score (nSPS) is 0. The summed E-state index contributed by atoms with van der Waals surface area (Å²) in [6, 6.07) is 0. The van der Waals surface area contributed by atoms with Crippen LogP contribution in [0, 0.1) is 0 Å². The van der Waals surface area contributed by atoms with Gasteiger partial charge in [-0.2, -0.15) is 0 Å². The van der Waals surface area contributed by atoms with Crippen LogP contribution in [0.25, 0.3) is 0 Å². The molecule has 5 radical (unpaired) electrons. The Balaban J connectivity index is 0. The molecule has 0 rings (SSSR count). The standard InChI is InChI=1S/Ir.Pt.Ru.Sn. The van der Waals surface area contributed by atoms with E-state index in [2.05, 4.69) is 0 Å². The molecule has 4 heteroatoms. The summed E-state index contributed by atoms with van der Waals surface area (Å²) in [7, 11) is 0. The van der Waals surface area contributed by atoms with Crippen LogP contribution in [-0.2, 0) is 60.6 Å². The van der Waals surface area contributed by atoms with E-state index in [0.29, 0.717) is 0 Å². The van der Waals surface area contributed by atoms with Gasteiger partial charge < -0.3 is 0 Å². The Morgan fingerprint density at radius 1 is 1.00 bits per heavy atom. The molecule has 0 heterocycles. The van der Waals surface area contributed by atoms with Crippen LogP contribution in [0.2, 0.25) is 0 Å². The first-order valence-corrected chi connectivity index (χ1v) is 0. The van der Waals surface area contributed by atoms with E-state index < -0.39 is 0 Å². The van der Waals surface area contributed by atoms with Crippen molar-refractivity contribution in [2.75, 3.05) is 0 Å². The Kier molecular flexibility index (Phi) is 126. The fourth-order valence-electron chi connectivity index (χ4n) is 0. The molecule has 0 aliphatic heterocycles. The van der Waals surface area contributed by atoms with Crippen LogP contribution in [0.1, 0.15) is 0 Å². The maximum Gasteiger partial charge on any atom is 0 e. The van der Waals surface area contributed by atoms with Gasteiger partial charge in [0.15, 0.2) is 0 Å². The van der Waals surface area contributed by atoms with Crippen molar-refractivity contribution < 1.29 is 60.6 Å². The summed E-state index contributed by atoms with van der Waals surface area (Å²) in [5.74, 6) is 0. The Labute approximate surface area is 83.2 Å². The van der Waals surface area contributed by atoms with Crippen molar-refractivity contribution in [2.24, 2.45) is 0 Å². The molecule has 0 nitrogen and oxygen atoms in total. The molecule has 4 heavy (non-hydrogen) atoms. The molecule has 0 atom stereocenters. The van der Waals surface area contributed by atoms with Crippen molar-refractivity contribution in [2.45, 2.75) is 0 Å². The number of rotatable bonds is 0. The van der Waals surface area contributed by atoms with Gasteiger partial charge in [0.05, 0.1) is 0 Å². The van der Waals surface area contributed by atoms with Gasteiger partial charge >= 0.3 is 0 Å². The van der Waals surface area contributed by atoms with Gasteiger partial charge in [-0.25, -0.2) is 0 Å². The van der Waals surface area contributed by atoms with Crippen LogP contribution in [0.15, 0.2) is 0 Å². The Morgan fingerprint density at radius 3 is 1.00 bits per heavy atom. The van der Waals surface area contributed by atoms with Gasteiger partial charge in [-0.05, 0) is 0 Å². The molecule has 0 saturated heterocycles. The third-order valence-corrected chi connectivity index (χ3v) is 0. The van der Waals surface area contributed by atoms with Crippen molar-refractivity contribution in [3.63, 3.8) is 0 Å². The van der Waals surface area contributed by atoms with Crippen molar-refractivity contribution in [3.05, 3.63) is 0 Å². The quantitative estimate of drug-likeness (QED) is 0.330. The molecule has 31 valence electrons. The van der Waals surface area contributed by atoms with Crippen molar-refractivity contribution >= 4 is 23.9 Å². The van der Waals surface area contributed by atoms with Gasteiger partial charge in [-0.1, -0.05) is 0 Å². The van der Waals surface area contributed by atoms with E-state index in [1.807, 2.05) is 0 Å². The van der Waals surface area contributed by atoms with Gasteiger partial charge in [0, 0.05) is 84.6 Å². The van der Waals surface area contributed by atoms with Crippen LogP contribution in [0.4, 0.5) is 0 Å². The zero-order valence-electron chi connectivity index (χ0n) is 1.50. The Hall–Kier alpha value is 2.76. The third kappa shape index (κ3) is 8.83. The van der Waals surface area contributed by atoms with Crippen LogP contribution in [-0.4, -0.2) is 23.9 Å². The average molecular weight is 607 g/mol. The van der Waals surface area contributed by atoms with Gasteiger partial charge in [0.1, 0.15) is 0 Å². The second-order valence-electron chi connectivity index (χ2n) is 0. The molecule has 0 bridgehead atoms. The zero-order chi connectivity index (χ0) is 0. The van der Waals surface area contributed by atoms with E-state index in [9.17, 15) is 0 Å². The minimum Gasteiger partial charge on any atom is 0 e. The monoisotopic (exact) mass is 610 g/mol.